The molecule has 2 N–H and O–H groups in total. The van der Waals surface area contributed by atoms with Gasteiger partial charge in [-0.1, -0.05) is 29.8 Å². The molecule has 3 rings (SSSR count). The number of hydrogen-bond donors (Lipinski definition) is 2. The molecule has 0 atom stereocenters. The van der Waals surface area contributed by atoms with Crippen LogP contribution in [0.2, 0.25) is 5.02 Å². The van der Waals surface area contributed by atoms with E-state index in [0.29, 0.717) is 37.2 Å². The van der Waals surface area contributed by atoms with E-state index in [1.807, 2.05) is 0 Å². The number of piperidine rings is 1. The van der Waals surface area contributed by atoms with Crippen molar-refractivity contribution in [2.45, 2.75) is 18.6 Å². The van der Waals surface area contributed by atoms with Crippen LogP contribution in [0.3, 0.4) is 0 Å². The molecule has 34 heavy (non-hydrogen) atoms. The third-order valence-electron chi connectivity index (χ3n) is 5.63. The summed E-state index contributed by atoms with van der Waals surface area (Å²) >= 11 is 5.98. The lowest BCUT2D eigenvalue weighted by Gasteiger charge is -2.30. The first-order valence-corrected chi connectivity index (χ1v) is 12.8. The molecule has 0 spiro atoms. The number of amides is 2. The molecular formula is C23H27ClFN3O5S. The summed E-state index contributed by atoms with van der Waals surface area (Å²) in [5.41, 5.74) is 0.643. The van der Waals surface area contributed by atoms with Gasteiger partial charge in [0, 0.05) is 43.2 Å². The zero-order valence-corrected chi connectivity index (χ0v) is 20.3. The predicted molar refractivity (Wildman–Crippen MR) is 128 cm³/mol. The van der Waals surface area contributed by atoms with Gasteiger partial charge >= 0.3 is 0 Å². The highest BCUT2D eigenvalue weighted by molar-refractivity contribution is 7.88. The summed E-state index contributed by atoms with van der Waals surface area (Å²) in [6, 6.07) is 10.7. The van der Waals surface area contributed by atoms with Gasteiger partial charge in [-0.25, -0.2) is 17.1 Å². The lowest BCUT2D eigenvalue weighted by Crippen LogP contribution is -2.42. The second-order valence-electron chi connectivity index (χ2n) is 7.91. The third-order valence-corrected chi connectivity index (χ3v) is 7.79. The average Bonchev–Trinajstić information content (AvgIpc) is 2.82. The fourth-order valence-electron chi connectivity index (χ4n) is 3.73. The van der Waals surface area contributed by atoms with Crippen LogP contribution in [0.15, 0.2) is 42.5 Å². The van der Waals surface area contributed by atoms with Gasteiger partial charge in [0.05, 0.1) is 23.6 Å². The summed E-state index contributed by atoms with van der Waals surface area (Å²) in [5, 5.41) is 5.57. The van der Waals surface area contributed by atoms with E-state index in [1.54, 1.807) is 24.3 Å². The normalized spacial score (nSPS) is 15.1. The SMILES string of the molecule is COCCNC(=O)c1ccccc1NC(=O)C1CCN(S(=O)(=O)Cc2c(F)cccc2Cl)CC1. The number of anilines is 1. The van der Waals surface area contributed by atoms with E-state index in [0.717, 1.165) is 0 Å². The number of carbonyl (C=O) groups is 2. The van der Waals surface area contributed by atoms with Crippen LogP contribution in [0, 0.1) is 11.7 Å². The van der Waals surface area contributed by atoms with Crippen molar-refractivity contribution in [3.8, 4) is 0 Å². The lowest BCUT2D eigenvalue weighted by molar-refractivity contribution is -0.120. The van der Waals surface area contributed by atoms with Gasteiger partial charge in [-0.15, -0.1) is 0 Å². The molecule has 0 aromatic heterocycles. The fraction of sp³-hybridized carbons (Fsp3) is 0.391. The van der Waals surface area contributed by atoms with Gasteiger partial charge in [-0.05, 0) is 37.1 Å². The molecule has 11 heteroatoms. The molecule has 2 aromatic carbocycles. The molecule has 0 unspecified atom stereocenters. The van der Waals surface area contributed by atoms with Crippen molar-refractivity contribution in [1.82, 2.24) is 9.62 Å². The van der Waals surface area contributed by atoms with Crippen molar-refractivity contribution in [3.63, 3.8) is 0 Å². The number of nitrogens with one attached hydrogen (secondary N) is 2. The lowest BCUT2D eigenvalue weighted by atomic mass is 9.97. The molecule has 1 aliphatic heterocycles. The molecule has 8 nitrogen and oxygen atoms in total. The van der Waals surface area contributed by atoms with Crippen LogP contribution in [-0.2, 0) is 25.3 Å². The topological polar surface area (TPSA) is 105 Å². The second kappa shape index (κ2) is 11.7. The first kappa shape index (κ1) is 26.1. The smallest absolute Gasteiger partial charge is 0.253 e. The minimum Gasteiger partial charge on any atom is -0.383 e. The number of para-hydroxylation sites is 1. The van der Waals surface area contributed by atoms with Crippen LogP contribution < -0.4 is 10.6 Å². The summed E-state index contributed by atoms with van der Waals surface area (Å²) in [6.07, 6.45) is 0.608. The van der Waals surface area contributed by atoms with E-state index in [2.05, 4.69) is 10.6 Å². The molecule has 2 amide bonds. The molecule has 1 aliphatic rings. The number of halogens is 2. The standard InChI is InChI=1S/C23H27ClFN3O5S/c1-33-14-11-26-23(30)17-5-2-3-8-21(17)27-22(29)16-9-12-28(13-10-16)34(31,32)15-18-19(24)6-4-7-20(18)25/h2-8,16H,9-15H2,1H3,(H,26,30)(H,27,29). The van der Waals surface area contributed by atoms with Gasteiger partial charge in [-0.2, -0.15) is 0 Å². The molecular weight excluding hydrogens is 485 g/mol. The van der Waals surface area contributed by atoms with Crippen molar-refractivity contribution in [1.29, 1.82) is 0 Å². The quantitative estimate of drug-likeness (QED) is 0.503. The fourth-order valence-corrected chi connectivity index (χ4v) is 5.64. The zero-order chi connectivity index (χ0) is 24.7. The summed E-state index contributed by atoms with van der Waals surface area (Å²) < 4.78 is 45.8. The number of rotatable bonds is 9. The van der Waals surface area contributed by atoms with Crippen molar-refractivity contribution in [2.24, 2.45) is 5.92 Å². The minimum atomic E-state index is -3.80. The van der Waals surface area contributed by atoms with Gasteiger partial charge in [-0.3, -0.25) is 9.59 Å². The van der Waals surface area contributed by atoms with Crippen molar-refractivity contribution >= 4 is 39.1 Å². The first-order valence-electron chi connectivity index (χ1n) is 10.8. The van der Waals surface area contributed by atoms with E-state index < -0.39 is 27.5 Å². The Labute approximate surface area is 203 Å². The Morgan fingerprint density at radius 3 is 2.53 bits per heavy atom. The number of ether oxygens (including phenoxy) is 1. The maximum Gasteiger partial charge on any atom is 0.253 e. The molecule has 1 saturated heterocycles. The van der Waals surface area contributed by atoms with E-state index in [-0.39, 0.29) is 35.5 Å². The van der Waals surface area contributed by atoms with Gasteiger partial charge in [0.25, 0.3) is 5.91 Å². The Hall–Kier alpha value is -2.53. The van der Waals surface area contributed by atoms with Gasteiger partial charge < -0.3 is 15.4 Å². The molecule has 0 radical (unpaired) electrons. The van der Waals surface area contributed by atoms with Crippen LogP contribution in [0.4, 0.5) is 10.1 Å². The molecule has 1 fully saturated rings. The van der Waals surface area contributed by atoms with Crippen molar-refractivity contribution in [3.05, 3.63) is 64.4 Å². The third kappa shape index (κ3) is 6.53. The Morgan fingerprint density at radius 2 is 1.85 bits per heavy atom. The highest BCUT2D eigenvalue weighted by Crippen LogP contribution is 2.27. The number of carbonyl (C=O) groups excluding carboxylic acids is 2. The average molecular weight is 512 g/mol. The van der Waals surface area contributed by atoms with E-state index >= 15 is 0 Å². The number of hydrogen-bond acceptors (Lipinski definition) is 5. The van der Waals surface area contributed by atoms with Crippen LogP contribution in [0.1, 0.15) is 28.8 Å². The maximum atomic E-state index is 14.0. The predicted octanol–water partition coefficient (Wildman–Crippen LogP) is 3.04. The number of nitrogens with zero attached hydrogens (tertiary/aromatic N) is 1. The highest BCUT2D eigenvalue weighted by atomic mass is 35.5. The minimum absolute atomic E-state index is 0.0581. The Kier molecular flexibility index (Phi) is 9.01. The zero-order valence-electron chi connectivity index (χ0n) is 18.7. The maximum absolute atomic E-state index is 14.0. The summed E-state index contributed by atoms with van der Waals surface area (Å²) in [4.78, 5) is 25.3. The Balaban J connectivity index is 1.60. The van der Waals surface area contributed by atoms with Crippen molar-refractivity contribution in [2.75, 3.05) is 38.7 Å². The summed E-state index contributed by atoms with van der Waals surface area (Å²) in [7, 11) is -2.27. The van der Waals surface area contributed by atoms with E-state index in [4.69, 9.17) is 16.3 Å². The van der Waals surface area contributed by atoms with Crippen LogP contribution in [0.5, 0.6) is 0 Å². The van der Waals surface area contributed by atoms with Crippen LogP contribution in [0.25, 0.3) is 0 Å². The first-order chi connectivity index (χ1) is 16.2. The Morgan fingerprint density at radius 1 is 1.15 bits per heavy atom. The summed E-state index contributed by atoms with van der Waals surface area (Å²) in [5.74, 6) is -2.25. The number of sulfonamides is 1. The summed E-state index contributed by atoms with van der Waals surface area (Å²) in [6.45, 7) is 0.963. The molecule has 0 aliphatic carbocycles. The van der Waals surface area contributed by atoms with Gasteiger partial charge in [0.15, 0.2) is 0 Å². The van der Waals surface area contributed by atoms with E-state index in [1.165, 1.54) is 29.6 Å². The second-order valence-corrected chi connectivity index (χ2v) is 10.3. The monoisotopic (exact) mass is 511 g/mol. The van der Waals surface area contributed by atoms with Crippen molar-refractivity contribution < 1.29 is 27.1 Å². The van der Waals surface area contributed by atoms with E-state index in [9.17, 15) is 22.4 Å². The number of benzene rings is 2. The highest BCUT2D eigenvalue weighted by Gasteiger charge is 2.32. The molecule has 1 heterocycles. The van der Waals surface area contributed by atoms with Crippen LogP contribution in [-0.4, -0.2) is 57.9 Å². The molecule has 0 saturated carbocycles. The van der Waals surface area contributed by atoms with Gasteiger partial charge in [0.2, 0.25) is 15.9 Å². The van der Waals surface area contributed by atoms with Gasteiger partial charge in [0.1, 0.15) is 5.82 Å². The largest absolute Gasteiger partial charge is 0.383 e. The Bertz CT molecular complexity index is 1120. The molecule has 0 bridgehead atoms. The van der Waals surface area contributed by atoms with Crippen LogP contribution >= 0.6 is 11.6 Å². The number of methoxy groups -OCH3 is 1. The molecule has 184 valence electrons. The molecule has 2 aromatic rings.